The van der Waals surface area contributed by atoms with E-state index in [0.29, 0.717) is 5.11 Å². The zero-order valence-corrected chi connectivity index (χ0v) is 16.4. The molecule has 1 aliphatic heterocycles. The van der Waals surface area contributed by atoms with Crippen LogP contribution >= 0.6 is 12.2 Å². The lowest BCUT2D eigenvalue weighted by molar-refractivity contribution is 0.375. The summed E-state index contributed by atoms with van der Waals surface area (Å²) in [6.07, 6.45) is 0.785. The van der Waals surface area contributed by atoms with Gasteiger partial charge in [-0.05, 0) is 59.7 Å². The minimum absolute atomic E-state index is 0.0574. The monoisotopic (exact) mass is 387 g/mol. The van der Waals surface area contributed by atoms with Crippen molar-refractivity contribution in [3.05, 3.63) is 96.1 Å². The van der Waals surface area contributed by atoms with E-state index in [1.165, 1.54) is 5.56 Å². The minimum atomic E-state index is 0.0574. The molecule has 0 saturated carbocycles. The summed E-state index contributed by atoms with van der Waals surface area (Å²) in [5.41, 5.74) is 4.22. The van der Waals surface area contributed by atoms with Gasteiger partial charge < -0.3 is 10.1 Å². The fraction of sp³-hybridized carbons (Fsp3) is 0.130. The van der Waals surface area contributed by atoms with E-state index in [9.17, 15) is 0 Å². The number of thiocarbonyl (C=S) groups is 1. The number of hydrogen-bond donors (Lipinski definition) is 1. The molecule has 4 rings (SSSR count). The molecule has 0 aromatic heterocycles. The Bertz CT molecular complexity index is 972. The molecule has 4 nitrogen and oxygen atoms in total. The van der Waals surface area contributed by atoms with Crippen molar-refractivity contribution in [3.63, 3.8) is 0 Å². The first-order valence-electron chi connectivity index (χ1n) is 9.17. The highest BCUT2D eigenvalue weighted by Gasteiger charge is 2.31. The summed E-state index contributed by atoms with van der Waals surface area (Å²) in [5, 5.41) is 10.7. The number of benzene rings is 3. The first-order chi connectivity index (χ1) is 13.7. The summed E-state index contributed by atoms with van der Waals surface area (Å²) in [6, 6.07) is 28.3. The first-order valence-corrected chi connectivity index (χ1v) is 9.57. The van der Waals surface area contributed by atoms with Gasteiger partial charge in [0.25, 0.3) is 0 Å². The molecule has 1 N–H and O–H groups in total. The van der Waals surface area contributed by atoms with Gasteiger partial charge in [-0.2, -0.15) is 5.10 Å². The third kappa shape index (κ3) is 3.89. The lowest BCUT2D eigenvalue weighted by atomic mass is 9.98. The van der Waals surface area contributed by atoms with Crippen molar-refractivity contribution in [2.24, 2.45) is 5.10 Å². The number of hydrogen-bond acceptors (Lipinski definition) is 3. The molecule has 3 aromatic rings. The summed E-state index contributed by atoms with van der Waals surface area (Å²) >= 11 is 5.70. The molecule has 1 atom stereocenters. The van der Waals surface area contributed by atoms with E-state index < -0.39 is 0 Å². The molecule has 3 aromatic carbocycles. The molecule has 0 amide bonds. The molecule has 28 heavy (non-hydrogen) atoms. The van der Waals surface area contributed by atoms with Crippen LogP contribution in [0.3, 0.4) is 0 Å². The van der Waals surface area contributed by atoms with Crippen LogP contribution in [0.4, 0.5) is 5.69 Å². The van der Waals surface area contributed by atoms with Crippen molar-refractivity contribution in [1.82, 2.24) is 5.01 Å². The Morgan fingerprint density at radius 1 is 0.964 bits per heavy atom. The summed E-state index contributed by atoms with van der Waals surface area (Å²) in [4.78, 5) is 0. The van der Waals surface area contributed by atoms with Crippen LogP contribution in [0.25, 0.3) is 0 Å². The van der Waals surface area contributed by atoms with Crippen molar-refractivity contribution in [2.45, 2.75) is 12.5 Å². The predicted molar refractivity (Wildman–Crippen MR) is 118 cm³/mol. The Hall–Kier alpha value is -3.18. The highest BCUT2D eigenvalue weighted by Crippen LogP contribution is 2.33. The summed E-state index contributed by atoms with van der Waals surface area (Å²) in [6.45, 7) is 0. The lowest BCUT2D eigenvalue weighted by Gasteiger charge is -2.24. The minimum Gasteiger partial charge on any atom is -0.497 e. The van der Waals surface area contributed by atoms with E-state index in [-0.39, 0.29) is 6.04 Å². The lowest BCUT2D eigenvalue weighted by Crippen LogP contribution is -2.31. The highest BCUT2D eigenvalue weighted by atomic mass is 32.1. The first kappa shape index (κ1) is 18.2. The van der Waals surface area contributed by atoms with Gasteiger partial charge in [-0.1, -0.05) is 48.5 Å². The standard InChI is InChI=1S/C23H21N3OS/c1-27-20-14-12-17(13-15-20)21-16-22(18-8-4-2-5-9-18)26(25-21)23(28)24-19-10-6-3-7-11-19/h2-15,22H,16H2,1H3,(H,24,28)/t22-/m1/s1. The SMILES string of the molecule is COc1ccc(C2=NN(C(=S)Nc3ccccc3)[C@@H](c3ccccc3)C2)cc1. The van der Waals surface area contributed by atoms with Gasteiger partial charge in [0.15, 0.2) is 5.11 Å². The van der Waals surface area contributed by atoms with Crippen molar-refractivity contribution in [3.8, 4) is 5.75 Å². The molecule has 0 fully saturated rings. The fourth-order valence-electron chi connectivity index (χ4n) is 3.29. The molecule has 1 heterocycles. The van der Waals surface area contributed by atoms with Crippen molar-refractivity contribution < 1.29 is 4.74 Å². The second-order valence-corrected chi connectivity index (χ2v) is 6.93. The predicted octanol–water partition coefficient (Wildman–Crippen LogP) is 5.24. The maximum Gasteiger partial charge on any atom is 0.194 e. The molecule has 5 heteroatoms. The summed E-state index contributed by atoms with van der Waals surface area (Å²) in [7, 11) is 1.67. The third-order valence-corrected chi connectivity index (χ3v) is 5.04. The molecule has 0 aliphatic carbocycles. The van der Waals surface area contributed by atoms with Gasteiger partial charge in [0, 0.05) is 12.1 Å². The van der Waals surface area contributed by atoms with E-state index in [2.05, 4.69) is 17.4 Å². The smallest absolute Gasteiger partial charge is 0.194 e. The largest absolute Gasteiger partial charge is 0.497 e. The van der Waals surface area contributed by atoms with Gasteiger partial charge in [0.1, 0.15) is 5.75 Å². The van der Waals surface area contributed by atoms with E-state index >= 15 is 0 Å². The van der Waals surface area contributed by atoms with Crippen LogP contribution < -0.4 is 10.1 Å². The molecule has 0 bridgehead atoms. The Morgan fingerprint density at radius 2 is 1.61 bits per heavy atom. The zero-order chi connectivity index (χ0) is 19.3. The quantitative estimate of drug-likeness (QED) is 0.621. The van der Waals surface area contributed by atoms with Crippen LogP contribution in [-0.4, -0.2) is 22.9 Å². The van der Waals surface area contributed by atoms with Gasteiger partial charge in [0.2, 0.25) is 0 Å². The number of hydrazone groups is 1. The van der Waals surface area contributed by atoms with Crippen molar-refractivity contribution >= 4 is 28.7 Å². The normalized spacial score (nSPS) is 15.8. The molecule has 1 aliphatic rings. The summed E-state index contributed by atoms with van der Waals surface area (Å²) < 4.78 is 5.27. The van der Waals surface area contributed by atoms with Gasteiger partial charge in [-0.3, -0.25) is 0 Å². The number of anilines is 1. The molecule has 140 valence electrons. The third-order valence-electron chi connectivity index (χ3n) is 4.75. The second kappa shape index (κ2) is 8.23. The maximum atomic E-state index is 5.70. The number of para-hydroxylation sites is 1. The number of nitrogens with one attached hydrogen (secondary N) is 1. The van der Waals surface area contributed by atoms with Gasteiger partial charge in [-0.25, -0.2) is 5.01 Å². The van der Waals surface area contributed by atoms with Crippen LogP contribution in [0.2, 0.25) is 0 Å². The number of methoxy groups -OCH3 is 1. The zero-order valence-electron chi connectivity index (χ0n) is 15.6. The van der Waals surface area contributed by atoms with Crippen molar-refractivity contribution in [1.29, 1.82) is 0 Å². The van der Waals surface area contributed by atoms with Crippen LogP contribution in [-0.2, 0) is 0 Å². The van der Waals surface area contributed by atoms with E-state index in [0.717, 1.165) is 29.1 Å². The van der Waals surface area contributed by atoms with E-state index in [4.69, 9.17) is 22.1 Å². The average Bonchev–Trinajstić information content (AvgIpc) is 3.21. The van der Waals surface area contributed by atoms with Crippen LogP contribution in [0, 0.1) is 0 Å². The highest BCUT2D eigenvalue weighted by molar-refractivity contribution is 7.80. The Labute approximate surface area is 170 Å². The van der Waals surface area contributed by atoms with Crippen molar-refractivity contribution in [2.75, 3.05) is 12.4 Å². The number of nitrogens with zero attached hydrogens (tertiary/aromatic N) is 2. The molecule has 0 radical (unpaired) electrons. The van der Waals surface area contributed by atoms with E-state index in [1.807, 2.05) is 77.8 Å². The Kier molecular flexibility index (Phi) is 5.35. The van der Waals surface area contributed by atoms with Crippen LogP contribution in [0.15, 0.2) is 90.0 Å². The molecule has 0 saturated heterocycles. The molecular weight excluding hydrogens is 366 g/mol. The molecule has 0 unspecified atom stereocenters. The second-order valence-electron chi connectivity index (χ2n) is 6.55. The summed E-state index contributed by atoms with van der Waals surface area (Å²) in [5.74, 6) is 0.833. The molecule has 0 spiro atoms. The number of ether oxygens (including phenoxy) is 1. The van der Waals surface area contributed by atoms with E-state index in [1.54, 1.807) is 7.11 Å². The maximum absolute atomic E-state index is 5.70. The Balaban J connectivity index is 1.63. The van der Waals surface area contributed by atoms with Gasteiger partial charge in [-0.15, -0.1) is 0 Å². The topological polar surface area (TPSA) is 36.9 Å². The van der Waals surface area contributed by atoms with Crippen LogP contribution in [0.1, 0.15) is 23.6 Å². The Morgan fingerprint density at radius 3 is 2.25 bits per heavy atom. The fourth-order valence-corrected chi connectivity index (χ4v) is 3.58. The van der Waals surface area contributed by atoms with Gasteiger partial charge in [0.05, 0.1) is 18.9 Å². The molecular formula is C23H21N3OS. The number of rotatable bonds is 4. The average molecular weight is 388 g/mol. The van der Waals surface area contributed by atoms with Crippen LogP contribution in [0.5, 0.6) is 5.75 Å². The van der Waals surface area contributed by atoms with Gasteiger partial charge >= 0.3 is 0 Å².